The molecule has 0 bridgehead atoms. The van der Waals surface area contributed by atoms with E-state index in [4.69, 9.17) is 5.11 Å². The first-order chi connectivity index (χ1) is 9.79. The van der Waals surface area contributed by atoms with Gasteiger partial charge in [-0.1, -0.05) is 20.8 Å². The molecule has 2 unspecified atom stereocenters. The van der Waals surface area contributed by atoms with Gasteiger partial charge in [0.15, 0.2) is 0 Å². The van der Waals surface area contributed by atoms with Gasteiger partial charge in [0.1, 0.15) is 0 Å². The first-order valence-corrected chi connectivity index (χ1v) is 8.12. The molecule has 1 saturated carbocycles. The molecule has 1 aliphatic rings. The van der Waals surface area contributed by atoms with Crippen molar-refractivity contribution < 1.29 is 14.7 Å². The van der Waals surface area contributed by atoms with Crippen LogP contribution in [0.4, 0.5) is 0 Å². The van der Waals surface area contributed by atoms with Gasteiger partial charge in [0, 0.05) is 23.8 Å². The van der Waals surface area contributed by atoms with Gasteiger partial charge >= 0.3 is 5.97 Å². The van der Waals surface area contributed by atoms with Crippen LogP contribution in [0.1, 0.15) is 44.3 Å². The summed E-state index contributed by atoms with van der Waals surface area (Å²) in [5.74, 6) is -1.86. The first kappa shape index (κ1) is 15.9. The second kappa shape index (κ2) is 6.13. The van der Waals surface area contributed by atoms with Crippen LogP contribution in [0, 0.1) is 11.8 Å². The maximum absolute atomic E-state index is 11.9. The molecule has 5 nitrogen and oxygen atoms in total. The molecule has 6 heteroatoms. The molecular weight excluding hydrogens is 288 g/mol. The molecule has 0 spiro atoms. The van der Waals surface area contributed by atoms with Crippen molar-refractivity contribution in [3.63, 3.8) is 0 Å². The Labute approximate surface area is 128 Å². The fraction of sp³-hybridized carbons (Fsp3) is 0.667. The second-order valence-electron chi connectivity index (χ2n) is 6.55. The maximum atomic E-state index is 11.9. The van der Waals surface area contributed by atoms with Crippen LogP contribution < -0.4 is 5.32 Å². The summed E-state index contributed by atoms with van der Waals surface area (Å²) in [4.78, 5) is 27.4. The van der Waals surface area contributed by atoms with Crippen LogP contribution in [0.15, 0.2) is 5.38 Å². The molecular formula is C15H22N2O3S. The number of carbonyl (C=O) groups excluding carboxylic acids is 1. The third kappa shape index (κ3) is 3.81. The lowest BCUT2D eigenvalue weighted by Gasteiger charge is -2.31. The van der Waals surface area contributed by atoms with E-state index in [2.05, 4.69) is 36.5 Å². The van der Waals surface area contributed by atoms with Crippen molar-refractivity contribution in [1.82, 2.24) is 10.3 Å². The second-order valence-corrected chi connectivity index (χ2v) is 7.49. The number of aromatic nitrogens is 1. The van der Waals surface area contributed by atoms with E-state index in [9.17, 15) is 9.59 Å². The number of nitrogens with one attached hydrogen (secondary N) is 1. The number of carboxylic acids is 1. The molecule has 1 heterocycles. The number of hydrogen-bond acceptors (Lipinski definition) is 4. The van der Waals surface area contributed by atoms with Crippen molar-refractivity contribution in [2.45, 2.75) is 45.4 Å². The molecule has 0 radical (unpaired) electrons. The number of hydrogen-bond donors (Lipinski definition) is 2. The van der Waals surface area contributed by atoms with Gasteiger partial charge in [0.2, 0.25) is 5.91 Å². The van der Waals surface area contributed by atoms with Crippen LogP contribution in [0.5, 0.6) is 0 Å². The summed E-state index contributed by atoms with van der Waals surface area (Å²) in [7, 11) is 0. The van der Waals surface area contributed by atoms with E-state index in [1.54, 1.807) is 11.3 Å². The molecule has 1 aliphatic carbocycles. The van der Waals surface area contributed by atoms with Crippen LogP contribution in [0.25, 0.3) is 0 Å². The maximum Gasteiger partial charge on any atom is 0.307 e. The third-order valence-electron chi connectivity index (χ3n) is 3.89. The SMILES string of the molecule is CC(C)(C)c1csc(CCNC(=O)C2CCC2C(=O)O)n1. The molecule has 0 aromatic carbocycles. The van der Waals surface area contributed by atoms with Crippen molar-refractivity contribution in [1.29, 1.82) is 0 Å². The van der Waals surface area contributed by atoms with E-state index >= 15 is 0 Å². The van der Waals surface area contributed by atoms with Crippen LogP contribution >= 0.6 is 11.3 Å². The number of thiazole rings is 1. The summed E-state index contributed by atoms with van der Waals surface area (Å²) in [5, 5.41) is 14.8. The van der Waals surface area contributed by atoms with Crippen LogP contribution in [-0.4, -0.2) is 28.5 Å². The zero-order valence-electron chi connectivity index (χ0n) is 12.7. The summed E-state index contributed by atoms with van der Waals surface area (Å²) in [6.07, 6.45) is 1.97. The van der Waals surface area contributed by atoms with Gasteiger partial charge in [-0.15, -0.1) is 11.3 Å². The normalized spacial score (nSPS) is 21.7. The minimum absolute atomic E-state index is 0.0403. The van der Waals surface area contributed by atoms with E-state index in [1.165, 1.54) is 0 Å². The standard InChI is InChI=1S/C15H22N2O3S/c1-15(2,3)11-8-21-12(17-11)6-7-16-13(18)9-4-5-10(9)14(19)20/h8-10H,4-7H2,1-3H3,(H,16,18)(H,19,20). The van der Waals surface area contributed by atoms with Gasteiger partial charge in [0.05, 0.1) is 22.5 Å². The number of carboxylic acid groups (broad SMARTS) is 1. The van der Waals surface area contributed by atoms with Crippen molar-refractivity contribution in [2.24, 2.45) is 11.8 Å². The highest BCUT2D eigenvalue weighted by Gasteiger charge is 2.41. The Morgan fingerprint density at radius 1 is 1.38 bits per heavy atom. The minimum Gasteiger partial charge on any atom is -0.481 e. The average molecular weight is 310 g/mol. The zero-order chi connectivity index (χ0) is 15.6. The Balaban J connectivity index is 1.78. The largest absolute Gasteiger partial charge is 0.481 e. The molecule has 1 aromatic heterocycles. The van der Waals surface area contributed by atoms with Gasteiger partial charge in [-0.25, -0.2) is 4.98 Å². The van der Waals surface area contributed by atoms with E-state index < -0.39 is 11.9 Å². The highest BCUT2D eigenvalue weighted by Crippen LogP contribution is 2.34. The molecule has 2 atom stereocenters. The van der Waals surface area contributed by atoms with Crippen LogP contribution in [0.3, 0.4) is 0 Å². The predicted octanol–water partition coefficient (Wildman–Crippen LogP) is 2.21. The van der Waals surface area contributed by atoms with Crippen molar-refractivity contribution in [3.8, 4) is 0 Å². The Morgan fingerprint density at radius 3 is 2.52 bits per heavy atom. The smallest absolute Gasteiger partial charge is 0.307 e. The monoisotopic (exact) mass is 310 g/mol. The molecule has 2 N–H and O–H groups in total. The molecule has 116 valence electrons. The van der Waals surface area contributed by atoms with E-state index in [0.717, 1.165) is 10.7 Å². The van der Waals surface area contributed by atoms with Crippen LogP contribution in [-0.2, 0) is 21.4 Å². The quantitative estimate of drug-likeness (QED) is 0.874. The molecule has 1 aromatic rings. The highest BCUT2D eigenvalue weighted by molar-refractivity contribution is 7.09. The molecule has 1 amide bonds. The topological polar surface area (TPSA) is 79.3 Å². The Hall–Kier alpha value is -1.43. The summed E-state index contributed by atoms with van der Waals surface area (Å²) in [6, 6.07) is 0. The van der Waals surface area contributed by atoms with Crippen molar-refractivity contribution >= 4 is 23.2 Å². The lowest BCUT2D eigenvalue weighted by Crippen LogP contribution is -2.44. The number of rotatable bonds is 5. The average Bonchev–Trinajstić information content (AvgIpc) is 2.74. The predicted molar refractivity (Wildman–Crippen MR) is 81.4 cm³/mol. The lowest BCUT2D eigenvalue weighted by molar-refractivity contribution is -0.152. The van der Waals surface area contributed by atoms with E-state index in [1.807, 2.05) is 0 Å². The van der Waals surface area contributed by atoms with Crippen molar-refractivity contribution in [3.05, 3.63) is 16.1 Å². The Bertz CT molecular complexity index is 533. The molecule has 0 saturated heterocycles. The summed E-state index contributed by atoms with van der Waals surface area (Å²) >= 11 is 1.61. The van der Waals surface area contributed by atoms with Gasteiger partial charge in [0.25, 0.3) is 0 Å². The van der Waals surface area contributed by atoms with E-state index in [-0.39, 0.29) is 17.2 Å². The fourth-order valence-electron chi connectivity index (χ4n) is 2.30. The molecule has 21 heavy (non-hydrogen) atoms. The first-order valence-electron chi connectivity index (χ1n) is 7.24. The summed E-state index contributed by atoms with van der Waals surface area (Å²) in [6.45, 7) is 6.88. The van der Waals surface area contributed by atoms with Crippen molar-refractivity contribution in [2.75, 3.05) is 6.54 Å². The number of nitrogens with zero attached hydrogens (tertiary/aromatic N) is 1. The number of amides is 1. The van der Waals surface area contributed by atoms with Gasteiger partial charge < -0.3 is 10.4 Å². The number of carbonyl (C=O) groups is 2. The lowest BCUT2D eigenvalue weighted by atomic mass is 9.73. The van der Waals surface area contributed by atoms with E-state index in [0.29, 0.717) is 25.8 Å². The molecule has 1 fully saturated rings. The van der Waals surface area contributed by atoms with Gasteiger partial charge in [-0.05, 0) is 12.8 Å². The number of aliphatic carboxylic acids is 1. The molecule has 2 rings (SSSR count). The van der Waals surface area contributed by atoms with Crippen LogP contribution in [0.2, 0.25) is 0 Å². The molecule has 0 aliphatic heterocycles. The minimum atomic E-state index is -0.865. The highest BCUT2D eigenvalue weighted by atomic mass is 32.1. The summed E-state index contributed by atoms with van der Waals surface area (Å²) in [5.41, 5.74) is 1.11. The third-order valence-corrected chi connectivity index (χ3v) is 4.80. The van der Waals surface area contributed by atoms with Gasteiger partial charge in [-0.2, -0.15) is 0 Å². The van der Waals surface area contributed by atoms with Gasteiger partial charge in [-0.3, -0.25) is 9.59 Å². The Kier molecular flexibility index (Phi) is 4.66. The zero-order valence-corrected chi connectivity index (χ0v) is 13.5. The fourth-order valence-corrected chi connectivity index (χ4v) is 3.33. The summed E-state index contributed by atoms with van der Waals surface area (Å²) < 4.78 is 0. The Morgan fingerprint density at radius 2 is 2.05 bits per heavy atom.